The van der Waals surface area contributed by atoms with E-state index in [2.05, 4.69) is 13.0 Å². The third-order valence-electron chi connectivity index (χ3n) is 2.69. The Morgan fingerprint density at radius 2 is 2.00 bits per heavy atom. The topological polar surface area (TPSA) is 29.5 Å². The van der Waals surface area contributed by atoms with Crippen molar-refractivity contribution in [1.82, 2.24) is 4.90 Å². The second-order valence-electron chi connectivity index (χ2n) is 5.27. The van der Waals surface area contributed by atoms with Crippen LogP contribution in [-0.2, 0) is 4.74 Å². The number of allylic oxidation sites excluding steroid dienone is 1. The molecule has 1 fully saturated rings. The minimum Gasteiger partial charge on any atom is -0.444 e. The van der Waals surface area contributed by atoms with Crippen LogP contribution in [0.4, 0.5) is 4.79 Å². The molecule has 92 valence electrons. The summed E-state index contributed by atoms with van der Waals surface area (Å²) >= 11 is 0. The van der Waals surface area contributed by atoms with Crippen LogP contribution in [-0.4, -0.2) is 29.7 Å². The smallest absolute Gasteiger partial charge is 0.410 e. The van der Waals surface area contributed by atoms with Gasteiger partial charge in [0, 0.05) is 13.1 Å². The van der Waals surface area contributed by atoms with Crippen molar-refractivity contribution in [3.05, 3.63) is 11.6 Å². The van der Waals surface area contributed by atoms with Crippen molar-refractivity contribution in [2.45, 2.75) is 52.6 Å². The second-order valence-corrected chi connectivity index (χ2v) is 5.27. The molecule has 1 rings (SSSR count). The van der Waals surface area contributed by atoms with Crippen molar-refractivity contribution < 1.29 is 9.53 Å². The number of nitrogens with zero attached hydrogens (tertiary/aromatic N) is 1. The van der Waals surface area contributed by atoms with Gasteiger partial charge in [-0.2, -0.15) is 0 Å². The second kappa shape index (κ2) is 5.37. The van der Waals surface area contributed by atoms with Gasteiger partial charge in [0.15, 0.2) is 0 Å². The van der Waals surface area contributed by atoms with Crippen molar-refractivity contribution in [1.29, 1.82) is 0 Å². The molecular formula is C13H23NO2. The van der Waals surface area contributed by atoms with Gasteiger partial charge in [0.05, 0.1) is 0 Å². The standard InChI is InChI=1S/C13H23NO2/c1-5-11-7-6-9-14(10-8-11)12(15)16-13(2,3)4/h5H,6-10H2,1-4H3/b11-5+. The minimum absolute atomic E-state index is 0.176. The highest BCUT2D eigenvalue weighted by atomic mass is 16.6. The summed E-state index contributed by atoms with van der Waals surface area (Å²) in [4.78, 5) is 13.7. The van der Waals surface area contributed by atoms with Crippen LogP contribution in [0, 0.1) is 0 Å². The fourth-order valence-corrected chi connectivity index (χ4v) is 1.81. The first-order valence-electron chi connectivity index (χ1n) is 6.04. The lowest BCUT2D eigenvalue weighted by molar-refractivity contribution is 0.0258. The van der Waals surface area contributed by atoms with Gasteiger partial charge in [0.1, 0.15) is 5.60 Å². The van der Waals surface area contributed by atoms with Gasteiger partial charge in [-0.05, 0) is 47.0 Å². The summed E-state index contributed by atoms with van der Waals surface area (Å²) in [6.45, 7) is 9.37. The molecule has 0 saturated carbocycles. The van der Waals surface area contributed by atoms with Gasteiger partial charge in [-0.25, -0.2) is 4.79 Å². The molecule has 0 aliphatic carbocycles. The Morgan fingerprint density at radius 1 is 1.31 bits per heavy atom. The Kier molecular flexibility index (Phi) is 4.39. The fraction of sp³-hybridized carbons (Fsp3) is 0.769. The van der Waals surface area contributed by atoms with Gasteiger partial charge in [0.2, 0.25) is 0 Å². The summed E-state index contributed by atoms with van der Waals surface area (Å²) < 4.78 is 5.37. The molecule has 16 heavy (non-hydrogen) atoms. The number of amides is 1. The normalized spacial score (nSPS) is 20.8. The highest BCUT2D eigenvalue weighted by Gasteiger charge is 2.23. The quantitative estimate of drug-likeness (QED) is 0.592. The van der Waals surface area contributed by atoms with E-state index in [1.165, 1.54) is 5.57 Å². The number of rotatable bonds is 0. The molecular weight excluding hydrogens is 202 g/mol. The fourth-order valence-electron chi connectivity index (χ4n) is 1.81. The average molecular weight is 225 g/mol. The van der Waals surface area contributed by atoms with Crippen LogP contribution in [0.2, 0.25) is 0 Å². The van der Waals surface area contributed by atoms with Gasteiger partial charge in [-0.3, -0.25) is 0 Å². The first kappa shape index (κ1) is 13.1. The van der Waals surface area contributed by atoms with Crippen LogP contribution in [0.5, 0.6) is 0 Å². The molecule has 0 aromatic rings. The Bertz CT molecular complexity index is 276. The molecule has 0 bridgehead atoms. The molecule has 0 unspecified atom stereocenters. The summed E-state index contributed by atoms with van der Waals surface area (Å²) in [5.74, 6) is 0. The summed E-state index contributed by atoms with van der Waals surface area (Å²) in [5.41, 5.74) is 1.05. The first-order chi connectivity index (χ1) is 7.42. The van der Waals surface area contributed by atoms with Crippen molar-refractivity contribution in [3.8, 4) is 0 Å². The molecule has 0 spiro atoms. The number of ether oxygens (including phenoxy) is 1. The zero-order valence-corrected chi connectivity index (χ0v) is 10.9. The average Bonchev–Trinajstić information content (AvgIpc) is 2.39. The third kappa shape index (κ3) is 4.25. The highest BCUT2D eigenvalue weighted by molar-refractivity contribution is 5.68. The van der Waals surface area contributed by atoms with Gasteiger partial charge in [-0.1, -0.05) is 11.6 Å². The Labute approximate surface area is 98.5 Å². The summed E-state index contributed by atoms with van der Waals surface area (Å²) in [6.07, 6.45) is 5.12. The van der Waals surface area contributed by atoms with Crippen LogP contribution in [0.25, 0.3) is 0 Å². The maximum absolute atomic E-state index is 11.8. The monoisotopic (exact) mass is 225 g/mol. The first-order valence-corrected chi connectivity index (χ1v) is 6.04. The van der Waals surface area contributed by atoms with Crippen molar-refractivity contribution >= 4 is 6.09 Å². The van der Waals surface area contributed by atoms with E-state index in [1.807, 2.05) is 25.7 Å². The predicted molar refractivity (Wildman–Crippen MR) is 65.4 cm³/mol. The van der Waals surface area contributed by atoms with E-state index in [0.29, 0.717) is 0 Å². The molecule has 3 heteroatoms. The van der Waals surface area contributed by atoms with Crippen molar-refractivity contribution in [3.63, 3.8) is 0 Å². The van der Waals surface area contributed by atoms with Crippen LogP contribution < -0.4 is 0 Å². The lowest BCUT2D eigenvalue weighted by Crippen LogP contribution is -2.37. The third-order valence-corrected chi connectivity index (χ3v) is 2.69. The number of carbonyl (C=O) groups is 1. The molecule has 3 nitrogen and oxygen atoms in total. The van der Waals surface area contributed by atoms with E-state index < -0.39 is 5.60 Å². The molecule has 1 saturated heterocycles. The van der Waals surface area contributed by atoms with E-state index in [9.17, 15) is 4.79 Å². The van der Waals surface area contributed by atoms with E-state index in [-0.39, 0.29) is 6.09 Å². The molecule has 0 N–H and O–H groups in total. The molecule has 1 heterocycles. The lowest BCUT2D eigenvalue weighted by Gasteiger charge is -2.26. The number of carbonyl (C=O) groups excluding carboxylic acids is 1. The van der Waals surface area contributed by atoms with Gasteiger partial charge in [-0.15, -0.1) is 0 Å². The Morgan fingerprint density at radius 3 is 2.56 bits per heavy atom. The van der Waals surface area contributed by atoms with Gasteiger partial charge < -0.3 is 9.64 Å². The highest BCUT2D eigenvalue weighted by Crippen LogP contribution is 2.18. The van der Waals surface area contributed by atoms with Crippen molar-refractivity contribution in [2.75, 3.05) is 13.1 Å². The predicted octanol–water partition coefficient (Wildman–Crippen LogP) is 3.35. The summed E-state index contributed by atoms with van der Waals surface area (Å²) in [5, 5.41) is 0. The van der Waals surface area contributed by atoms with E-state index in [0.717, 1.165) is 32.4 Å². The molecule has 1 aliphatic heterocycles. The Balaban J connectivity index is 2.51. The van der Waals surface area contributed by atoms with Crippen LogP contribution in [0.15, 0.2) is 11.6 Å². The molecule has 0 radical (unpaired) electrons. The number of hydrogen-bond donors (Lipinski definition) is 0. The zero-order chi connectivity index (χ0) is 12.2. The van der Waals surface area contributed by atoms with Crippen molar-refractivity contribution in [2.24, 2.45) is 0 Å². The van der Waals surface area contributed by atoms with Crippen LogP contribution >= 0.6 is 0 Å². The molecule has 1 aliphatic rings. The van der Waals surface area contributed by atoms with Crippen LogP contribution in [0.1, 0.15) is 47.0 Å². The number of likely N-dealkylation sites (tertiary alicyclic amines) is 1. The minimum atomic E-state index is -0.396. The molecule has 0 atom stereocenters. The summed E-state index contributed by atoms with van der Waals surface area (Å²) in [6, 6.07) is 0. The van der Waals surface area contributed by atoms with E-state index in [1.54, 1.807) is 0 Å². The number of hydrogen-bond acceptors (Lipinski definition) is 2. The van der Waals surface area contributed by atoms with Crippen LogP contribution in [0.3, 0.4) is 0 Å². The lowest BCUT2D eigenvalue weighted by atomic mass is 10.1. The maximum atomic E-state index is 11.8. The molecule has 0 aromatic carbocycles. The zero-order valence-electron chi connectivity index (χ0n) is 10.9. The summed E-state index contributed by atoms with van der Waals surface area (Å²) in [7, 11) is 0. The van der Waals surface area contributed by atoms with E-state index >= 15 is 0 Å². The SMILES string of the molecule is C/C=C1\CCCN(C(=O)OC(C)(C)C)CC1. The van der Waals surface area contributed by atoms with Gasteiger partial charge in [0.25, 0.3) is 0 Å². The largest absolute Gasteiger partial charge is 0.444 e. The van der Waals surface area contributed by atoms with Gasteiger partial charge >= 0.3 is 6.09 Å². The Hall–Kier alpha value is -0.990. The molecule has 1 amide bonds. The molecule has 0 aromatic heterocycles. The maximum Gasteiger partial charge on any atom is 0.410 e. The van der Waals surface area contributed by atoms with E-state index in [4.69, 9.17) is 4.74 Å².